The van der Waals surface area contributed by atoms with Crippen molar-refractivity contribution in [2.75, 3.05) is 19.6 Å². The third kappa shape index (κ3) is 5.40. The average molecular weight is 386 g/mol. The number of hydrogen-bond acceptors (Lipinski definition) is 5. The van der Waals surface area contributed by atoms with Gasteiger partial charge in [0.15, 0.2) is 0 Å². The van der Waals surface area contributed by atoms with Gasteiger partial charge >= 0.3 is 0 Å². The van der Waals surface area contributed by atoms with Gasteiger partial charge in [-0.3, -0.25) is 0 Å². The molecular formula is C13H24ClN3O4S2. The highest BCUT2D eigenvalue weighted by molar-refractivity contribution is 7.90. The summed E-state index contributed by atoms with van der Waals surface area (Å²) in [6.07, 6.45) is 0. The first-order chi connectivity index (χ1) is 10.2. The van der Waals surface area contributed by atoms with E-state index < -0.39 is 26.1 Å². The molecule has 0 bridgehead atoms. The zero-order chi connectivity index (χ0) is 17.0. The van der Waals surface area contributed by atoms with Gasteiger partial charge in [-0.1, -0.05) is 19.9 Å². The van der Waals surface area contributed by atoms with Gasteiger partial charge in [0.2, 0.25) is 20.0 Å². The lowest BCUT2D eigenvalue weighted by molar-refractivity contribution is 0.445. The quantitative estimate of drug-likeness (QED) is 0.686. The number of hydrogen-bond donors (Lipinski definition) is 2. The fraction of sp³-hybridized carbons (Fsp3) is 0.538. The SMILES string of the molecule is CCN(CC)S(=O)(=O)c1cccc(S(=O)(=O)N[C@@H](C)CN)c1.Cl. The minimum Gasteiger partial charge on any atom is -0.329 e. The number of halogens is 1. The first-order valence-corrected chi connectivity index (χ1v) is 9.94. The molecule has 1 rings (SSSR count). The van der Waals surface area contributed by atoms with Crippen molar-refractivity contribution in [2.24, 2.45) is 5.73 Å². The lowest BCUT2D eigenvalue weighted by Gasteiger charge is -2.19. The standard InChI is InChI=1S/C13H23N3O4S2.ClH/c1-4-16(5-2)22(19,20)13-8-6-7-12(9-13)21(17,18)15-11(3)10-14;/h6-9,11,15H,4-5,10,14H2,1-3H3;1H/t11-;/m0./s1. The second-order valence-electron chi connectivity index (χ2n) is 4.82. The molecule has 1 atom stereocenters. The van der Waals surface area contributed by atoms with Crippen LogP contribution in [0.2, 0.25) is 0 Å². The summed E-state index contributed by atoms with van der Waals surface area (Å²) in [4.78, 5) is -0.138. The number of sulfonamides is 2. The van der Waals surface area contributed by atoms with Gasteiger partial charge in [0.1, 0.15) is 0 Å². The summed E-state index contributed by atoms with van der Waals surface area (Å²) >= 11 is 0. The van der Waals surface area contributed by atoms with Gasteiger partial charge in [0.25, 0.3) is 0 Å². The lowest BCUT2D eigenvalue weighted by Crippen LogP contribution is -2.37. The van der Waals surface area contributed by atoms with E-state index in [1.54, 1.807) is 20.8 Å². The van der Waals surface area contributed by atoms with Crippen LogP contribution in [0.5, 0.6) is 0 Å². The summed E-state index contributed by atoms with van der Waals surface area (Å²) in [7, 11) is -7.51. The van der Waals surface area contributed by atoms with Crippen LogP contribution >= 0.6 is 12.4 Å². The average Bonchev–Trinajstić information content (AvgIpc) is 2.47. The van der Waals surface area contributed by atoms with Crippen molar-refractivity contribution in [1.82, 2.24) is 9.03 Å². The van der Waals surface area contributed by atoms with Crippen molar-refractivity contribution in [2.45, 2.75) is 36.6 Å². The molecule has 0 fully saturated rings. The van der Waals surface area contributed by atoms with Crippen LogP contribution in [-0.2, 0) is 20.0 Å². The number of benzene rings is 1. The highest BCUT2D eigenvalue weighted by Gasteiger charge is 2.24. The van der Waals surface area contributed by atoms with E-state index in [0.29, 0.717) is 13.1 Å². The zero-order valence-electron chi connectivity index (χ0n) is 13.4. The molecule has 1 aromatic rings. The number of nitrogens with zero attached hydrogens (tertiary/aromatic N) is 1. The predicted octanol–water partition coefficient (Wildman–Crippen LogP) is 0.764. The molecule has 0 aliphatic carbocycles. The Balaban J connectivity index is 0.00000484. The molecule has 0 radical (unpaired) electrons. The van der Waals surface area contributed by atoms with Gasteiger partial charge in [-0.2, -0.15) is 4.31 Å². The normalized spacial score (nSPS) is 13.6. The topological polar surface area (TPSA) is 110 Å². The Kier molecular flexibility index (Phi) is 8.68. The fourth-order valence-electron chi connectivity index (χ4n) is 1.90. The van der Waals surface area contributed by atoms with Gasteiger partial charge in [0, 0.05) is 25.7 Å². The van der Waals surface area contributed by atoms with Crippen LogP contribution in [-0.4, -0.2) is 46.8 Å². The number of rotatable bonds is 8. The molecule has 10 heteroatoms. The first kappa shape index (κ1) is 22.3. The van der Waals surface area contributed by atoms with Gasteiger partial charge in [-0.05, 0) is 25.1 Å². The smallest absolute Gasteiger partial charge is 0.243 e. The molecule has 0 aliphatic rings. The Morgan fingerprint density at radius 2 is 1.65 bits per heavy atom. The molecule has 0 spiro atoms. The Morgan fingerprint density at radius 3 is 2.13 bits per heavy atom. The summed E-state index contributed by atoms with van der Waals surface area (Å²) < 4.78 is 53.0. The van der Waals surface area contributed by atoms with E-state index in [-0.39, 0.29) is 28.7 Å². The van der Waals surface area contributed by atoms with Crippen molar-refractivity contribution >= 4 is 32.5 Å². The van der Waals surface area contributed by atoms with Crippen molar-refractivity contribution in [3.05, 3.63) is 24.3 Å². The van der Waals surface area contributed by atoms with E-state index in [9.17, 15) is 16.8 Å². The van der Waals surface area contributed by atoms with Crippen molar-refractivity contribution < 1.29 is 16.8 Å². The van der Waals surface area contributed by atoms with Crippen LogP contribution in [0.15, 0.2) is 34.1 Å². The zero-order valence-corrected chi connectivity index (χ0v) is 15.8. The minimum atomic E-state index is -3.81. The predicted molar refractivity (Wildman–Crippen MR) is 92.6 cm³/mol. The lowest BCUT2D eigenvalue weighted by atomic mass is 10.4. The second kappa shape index (κ2) is 8.95. The van der Waals surface area contributed by atoms with E-state index in [1.165, 1.54) is 28.6 Å². The molecule has 0 saturated carbocycles. The molecule has 0 amide bonds. The van der Waals surface area contributed by atoms with Crippen LogP contribution in [0.25, 0.3) is 0 Å². The molecule has 7 nitrogen and oxygen atoms in total. The third-order valence-corrected chi connectivity index (χ3v) is 6.80. The highest BCUT2D eigenvalue weighted by Crippen LogP contribution is 2.19. The summed E-state index contributed by atoms with van der Waals surface area (Å²) in [5.41, 5.74) is 5.40. The van der Waals surface area contributed by atoms with Gasteiger partial charge in [-0.25, -0.2) is 21.6 Å². The summed E-state index contributed by atoms with van der Waals surface area (Å²) in [5.74, 6) is 0. The van der Waals surface area contributed by atoms with E-state index >= 15 is 0 Å². The largest absolute Gasteiger partial charge is 0.329 e. The van der Waals surface area contributed by atoms with E-state index in [2.05, 4.69) is 4.72 Å². The molecule has 0 aliphatic heterocycles. The van der Waals surface area contributed by atoms with Crippen LogP contribution in [0.1, 0.15) is 20.8 Å². The summed E-state index contributed by atoms with van der Waals surface area (Å²) in [6, 6.07) is 4.89. The first-order valence-electron chi connectivity index (χ1n) is 7.01. The maximum atomic E-state index is 12.4. The van der Waals surface area contributed by atoms with Gasteiger partial charge in [-0.15, -0.1) is 12.4 Å². The van der Waals surface area contributed by atoms with E-state index in [0.717, 1.165) is 0 Å². The van der Waals surface area contributed by atoms with E-state index in [4.69, 9.17) is 5.73 Å². The molecule has 0 saturated heterocycles. The summed E-state index contributed by atoms with van der Waals surface area (Å²) in [6.45, 7) is 5.87. The van der Waals surface area contributed by atoms with Crippen molar-refractivity contribution in [1.29, 1.82) is 0 Å². The highest BCUT2D eigenvalue weighted by atomic mass is 35.5. The number of nitrogens with two attached hydrogens (primary N) is 1. The van der Waals surface area contributed by atoms with Crippen LogP contribution in [0, 0.1) is 0 Å². The molecule has 0 unspecified atom stereocenters. The van der Waals surface area contributed by atoms with Crippen molar-refractivity contribution in [3.8, 4) is 0 Å². The molecule has 0 heterocycles. The van der Waals surface area contributed by atoms with Crippen LogP contribution in [0.3, 0.4) is 0 Å². The minimum absolute atomic E-state index is 0. The van der Waals surface area contributed by atoms with Gasteiger partial charge < -0.3 is 5.73 Å². The molecule has 0 aromatic heterocycles. The van der Waals surface area contributed by atoms with Gasteiger partial charge in [0.05, 0.1) is 9.79 Å². The maximum absolute atomic E-state index is 12.4. The molecular weight excluding hydrogens is 362 g/mol. The van der Waals surface area contributed by atoms with Crippen LogP contribution < -0.4 is 10.5 Å². The monoisotopic (exact) mass is 385 g/mol. The maximum Gasteiger partial charge on any atom is 0.243 e. The Bertz CT molecular complexity index is 704. The second-order valence-corrected chi connectivity index (χ2v) is 8.47. The van der Waals surface area contributed by atoms with E-state index in [1.807, 2.05) is 0 Å². The summed E-state index contributed by atoms with van der Waals surface area (Å²) in [5, 5.41) is 0. The number of nitrogens with one attached hydrogen (secondary N) is 1. The Hall–Kier alpha value is -0.710. The molecule has 3 N–H and O–H groups in total. The van der Waals surface area contributed by atoms with Crippen molar-refractivity contribution in [3.63, 3.8) is 0 Å². The Labute approximate surface area is 144 Å². The van der Waals surface area contributed by atoms with Crippen LogP contribution in [0.4, 0.5) is 0 Å². The molecule has 23 heavy (non-hydrogen) atoms. The Morgan fingerprint density at radius 1 is 1.13 bits per heavy atom. The molecule has 1 aromatic carbocycles. The fourth-order valence-corrected chi connectivity index (χ4v) is 4.78. The molecule has 134 valence electrons. The third-order valence-electron chi connectivity index (χ3n) is 3.17.